The summed E-state index contributed by atoms with van der Waals surface area (Å²) < 4.78 is 9.27. The van der Waals surface area contributed by atoms with Crippen molar-refractivity contribution in [2.75, 3.05) is 6.61 Å². The third-order valence-corrected chi connectivity index (χ3v) is 4.04. The molecule has 1 aromatic carbocycles. The van der Waals surface area contributed by atoms with Crippen LogP contribution in [0.2, 0.25) is 0 Å². The van der Waals surface area contributed by atoms with E-state index in [1.165, 1.54) is 0 Å². The Balaban J connectivity index is 1.79. The maximum atomic E-state index is 12.1. The lowest BCUT2D eigenvalue weighted by atomic mass is 10.2. The zero-order valence-electron chi connectivity index (χ0n) is 13.3. The highest BCUT2D eigenvalue weighted by Gasteiger charge is 2.14. The van der Waals surface area contributed by atoms with Crippen molar-refractivity contribution in [1.82, 2.24) is 14.9 Å². The lowest BCUT2D eigenvalue weighted by Crippen LogP contribution is -2.22. The first-order valence-corrected chi connectivity index (χ1v) is 8.40. The second-order valence-corrected chi connectivity index (χ2v) is 5.83. The molecule has 0 spiro atoms. The van der Waals surface area contributed by atoms with Crippen molar-refractivity contribution < 1.29 is 19.4 Å². The van der Waals surface area contributed by atoms with Gasteiger partial charge in [0.2, 0.25) is 0 Å². The summed E-state index contributed by atoms with van der Waals surface area (Å²) in [5.41, 5.74) is 1.65. The summed E-state index contributed by atoms with van der Waals surface area (Å²) in [6.45, 7) is 2.70. The van der Waals surface area contributed by atoms with Gasteiger partial charge in [0.05, 0.1) is 12.3 Å². The Morgan fingerprint density at radius 3 is 2.71 bits per heavy atom. The van der Waals surface area contributed by atoms with Crippen LogP contribution in [0, 0.1) is 0 Å². The molecule has 8 heteroatoms. The average Bonchev–Trinajstić information content (AvgIpc) is 3.06. The summed E-state index contributed by atoms with van der Waals surface area (Å²) in [6.07, 6.45) is 1.24. The fourth-order valence-electron chi connectivity index (χ4n) is 1.99. The summed E-state index contributed by atoms with van der Waals surface area (Å²) in [6, 6.07) is 7.32. The van der Waals surface area contributed by atoms with Crippen molar-refractivity contribution in [3.63, 3.8) is 0 Å². The Kier molecular flexibility index (Phi) is 6.68. The van der Waals surface area contributed by atoms with E-state index in [1.807, 2.05) is 19.1 Å². The number of carboxylic acids is 1. The summed E-state index contributed by atoms with van der Waals surface area (Å²) in [4.78, 5) is 23.1. The van der Waals surface area contributed by atoms with Gasteiger partial charge in [0.15, 0.2) is 0 Å². The Labute approximate surface area is 143 Å². The molecule has 0 radical (unpaired) electrons. The minimum Gasteiger partial charge on any atom is -0.494 e. The average molecular weight is 349 g/mol. The van der Waals surface area contributed by atoms with E-state index in [9.17, 15) is 9.59 Å². The molecule has 0 aliphatic rings. The molecule has 1 aromatic heterocycles. The summed E-state index contributed by atoms with van der Waals surface area (Å²) >= 11 is 1.10. The molecule has 0 saturated heterocycles. The number of nitrogens with one attached hydrogen (secondary N) is 1. The monoisotopic (exact) mass is 349 g/mol. The van der Waals surface area contributed by atoms with Crippen LogP contribution in [0.3, 0.4) is 0 Å². The molecule has 0 atom stereocenters. The molecule has 0 bridgehead atoms. The van der Waals surface area contributed by atoms with Crippen LogP contribution in [0.15, 0.2) is 24.3 Å². The first-order valence-electron chi connectivity index (χ1n) is 7.63. The second-order valence-electron chi connectivity index (χ2n) is 5.07. The van der Waals surface area contributed by atoms with E-state index >= 15 is 0 Å². The summed E-state index contributed by atoms with van der Waals surface area (Å²) in [5, 5.41) is 15.3. The van der Waals surface area contributed by atoms with E-state index in [0.717, 1.165) is 17.1 Å². The molecule has 1 amide bonds. The number of carbonyl (C=O) groups is 2. The minimum atomic E-state index is -0.827. The van der Waals surface area contributed by atoms with Gasteiger partial charge in [-0.05, 0) is 42.1 Å². The fourth-order valence-corrected chi connectivity index (χ4v) is 2.66. The molecule has 0 aliphatic carbocycles. The number of hydrogen-bond donors (Lipinski definition) is 2. The summed E-state index contributed by atoms with van der Waals surface area (Å²) in [7, 11) is 0. The first kappa shape index (κ1) is 17.9. The number of carboxylic acid groups (broad SMARTS) is 1. The molecule has 128 valence electrons. The van der Waals surface area contributed by atoms with E-state index in [0.29, 0.717) is 42.3 Å². The number of nitrogens with zero attached hydrogens (tertiary/aromatic N) is 2. The van der Waals surface area contributed by atoms with Crippen molar-refractivity contribution in [3.05, 3.63) is 40.4 Å². The molecular weight excluding hydrogens is 330 g/mol. The van der Waals surface area contributed by atoms with E-state index in [-0.39, 0.29) is 12.3 Å². The second kappa shape index (κ2) is 8.97. The van der Waals surface area contributed by atoms with Gasteiger partial charge in [0.25, 0.3) is 5.91 Å². The van der Waals surface area contributed by atoms with Gasteiger partial charge in [-0.1, -0.05) is 23.5 Å². The predicted octanol–water partition coefficient (Wildman–Crippen LogP) is 2.27. The number of benzene rings is 1. The Morgan fingerprint density at radius 2 is 2.04 bits per heavy atom. The van der Waals surface area contributed by atoms with Gasteiger partial charge in [0.1, 0.15) is 10.6 Å². The molecule has 24 heavy (non-hydrogen) atoms. The number of rotatable bonds is 9. The van der Waals surface area contributed by atoms with Crippen molar-refractivity contribution in [3.8, 4) is 5.75 Å². The molecule has 2 N–H and O–H groups in total. The van der Waals surface area contributed by atoms with Crippen LogP contribution in [0.25, 0.3) is 0 Å². The highest BCUT2D eigenvalue weighted by molar-refractivity contribution is 7.08. The Morgan fingerprint density at radius 1 is 1.29 bits per heavy atom. The van der Waals surface area contributed by atoms with Crippen molar-refractivity contribution >= 4 is 23.4 Å². The quantitative estimate of drug-likeness (QED) is 0.674. The first-order chi connectivity index (χ1) is 11.6. The molecule has 2 rings (SSSR count). The zero-order chi connectivity index (χ0) is 17.4. The molecule has 7 nitrogen and oxygen atoms in total. The van der Waals surface area contributed by atoms with Gasteiger partial charge in [-0.3, -0.25) is 9.59 Å². The molecule has 2 aromatic rings. The SMILES string of the molecule is CCc1nnsc1C(=O)NCc1ccc(OCCCC(=O)O)cc1. The fraction of sp³-hybridized carbons (Fsp3) is 0.375. The van der Waals surface area contributed by atoms with Gasteiger partial charge in [-0.2, -0.15) is 0 Å². The number of aromatic nitrogens is 2. The van der Waals surface area contributed by atoms with Crippen LogP contribution >= 0.6 is 11.5 Å². The molecule has 0 saturated carbocycles. The lowest BCUT2D eigenvalue weighted by Gasteiger charge is -2.07. The Bertz CT molecular complexity index is 685. The zero-order valence-corrected chi connectivity index (χ0v) is 14.1. The van der Waals surface area contributed by atoms with Gasteiger partial charge in [-0.25, -0.2) is 0 Å². The molecule has 0 aliphatic heterocycles. The van der Waals surface area contributed by atoms with E-state index < -0.39 is 5.97 Å². The molecular formula is C16H19N3O4S. The highest BCUT2D eigenvalue weighted by atomic mass is 32.1. The number of amides is 1. The standard InChI is InChI=1S/C16H19N3O4S/c1-2-13-15(24-19-18-13)16(22)17-10-11-5-7-12(8-6-11)23-9-3-4-14(20)21/h5-8H,2-4,9-10H2,1H3,(H,17,22)(H,20,21). The summed E-state index contributed by atoms with van der Waals surface area (Å²) in [5.74, 6) is -0.321. The molecule has 0 fully saturated rings. The minimum absolute atomic E-state index is 0.0935. The number of hydrogen-bond acceptors (Lipinski definition) is 6. The number of aliphatic carboxylic acids is 1. The van der Waals surface area contributed by atoms with Crippen LogP contribution in [0.4, 0.5) is 0 Å². The van der Waals surface area contributed by atoms with Gasteiger partial charge >= 0.3 is 5.97 Å². The van der Waals surface area contributed by atoms with Gasteiger partial charge < -0.3 is 15.2 Å². The number of ether oxygens (including phenoxy) is 1. The third kappa shape index (κ3) is 5.31. The van der Waals surface area contributed by atoms with Crippen LogP contribution < -0.4 is 10.1 Å². The predicted molar refractivity (Wildman–Crippen MR) is 89.3 cm³/mol. The van der Waals surface area contributed by atoms with E-state index in [1.54, 1.807) is 12.1 Å². The molecule has 1 heterocycles. The normalized spacial score (nSPS) is 10.4. The van der Waals surface area contributed by atoms with Gasteiger partial charge in [0, 0.05) is 13.0 Å². The Hall–Kier alpha value is -2.48. The van der Waals surface area contributed by atoms with Crippen molar-refractivity contribution in [2.45, 2.75) is 32.7 Å². The third-order valence-electron chi connectivity index (χ3n) is 3.28. The number of aryl methyl sites for hydroxylation is 1. The van der Waals surface area contributed by atoms with Crippen molar-refractivity contribution in [1.29, 1.82) is 0 Å². The smallest absolute Gasteiger partial charge is 0.303 e. The maximum absolute atomic E-state index is 12.1. The van der Waals surface area contributed by atoms with Crippen LogP contribution in [0.1, 0.15) is 40.7 Å². The van der Waals surface area contributed by atoms with Crippen molar-refractivity contribution in [2.24, 2.45) is 0 Å². The van der Waals surface area contributed by atoms with Crippen LogP contribution in [-0.4, -0.2) is 33.2 Å². The maximum Gasteiger partial charge on any atom is 0.303 e. The molecule has 0 unspecified atom stereocenters. The van der Waals surface area contributed by atoms with Gasteiger partial charge in [-0.15, -0.1) is 5.10 Å². The topological polar surface area (TPSA) is 101 Å². The highest BCUT2D eigenvalue weighted by Crippen LogP contribution is 2.14. The number of carbonyl (C=O) groups excluding carboxylic acids is 1. The van der Waals surface area contributed by atoms with Crippen LogP contribution in [-0.2, 0) is 17.8 Å². The van der Waals surface area contributed by atoms with Crippen LogP contribution in [0.5, 0.6) is 5.75 Å². The van der Waals surface area contributed by atoms with E-state index in [2.05, 4.69) is 14.9 Å². The lowest BCUT2D eigenvalue weighted by molar-refractivity contribution is -0.137. The van der Waals surface area contributed by atoms with E-state index in [4.69, 9.17) is 9.84 Å². The largest absolute Gasteiger partial charge is 0.494 e.